The first-order valence-corrected chi connectivity index (χ1v) is 10.4. The van der Waals surface area contributed by atoms with E-state index in [2.05, 4.69) is 19.2 Å². The molecular weight excluding hydrogens is 376 g/mol. The summed E-state index contributed by atoms with van der Waals surface area (Å²) >= 11 is 0. The maximum absolute atomic E-state index is 13.2. The van der Waals surface area contributed by atoms with Crippen LogP contribution in [0.2, 0.25) is 0 Å². The highest BCUT2D eigenvalue weighted by atomic mass is 16.5. The zero-order valence-corrected chi connectivity index (χ0v) is 18.4. The summed E-state index contributed by atoms with van der Waals surface area (Å²) < 4.78 is 5.75. The number of ether oxygens (including phenoxy) is 1. The molecule has 2 aromatic carbocycles. The molecule has 0 bridgehead atoms. The van der Waals surface area contributed by atoms with Gasteiger partial charge in [-0.25, -0.2) is 0 Å². The maximum Gasteiger partial charge on any atom is 0.278 e. The van der Waals surface area contributed by atoms with Crippen LogP contribution < -0.4 is 10.1 Å². The van der Waals surface area contributed by atoms with Gasteiger partial charge >= 0.3 is 0 Å². The SMILES string of the molecule is Cc1ccc(NC2=C(c3ccc(OCC(C)C)cc3)C(=O)N(CC(C)C)C2=O)cc1. The van der Waals surface area contributed by atoms with Crippen LogP contribution in [0.15, 0.2) is 54.2 Å². The van der Waals surface area contributed by atoms with E-state index in [1.807, 2.05) is 69.3 Å². The fourth-order valence-corrected chi connectivity index (χ4v) is 3.25. The van der Waals surface area contributed by atoms with Crippen molar-refractivity contribution in [2.24, 2.45) is 11.8 Å². The van der Waals surface area contributed by atoms with Crippen molar-refractivity contribution in [1.29, 1.82) is 0 Å². The lowest BCUT2D eigenvalue weighted by Gasteiger charge is -2.17. The van der Waals surface area contributed by atoms with Crippen molar-refractivity contribution in [3.05, 3.63) is 65.4 Å². The van der Waals surface area contributed by atoms with E-state index in [1.165, 1.54) is 4.90 Å². The number of rotatable bonds is 8. The molecule has 0 atom stereocenters. The van der Waals surface area contributed by atoms with Gasteiger partial charge in [0.05, 0.1) is 12.2 Å². The maximum atomic E-state index is 13.2. The predicted octanol–water partition coefficient (Wildman–Crippen LogP) is 4.88. The van der Waals surface area contributed by atoms with Gasteiger partial charge in [0, 0.05) is 12.2 Å². The Morgan fingerprint density at radius 3 is 2.07 bits per heavy atom. The van der Waals surface area contributed by atoms with Gasteiger partial charge in [0.2, 0.25) is 0 Å². The highest BCUT2D eigenvalue weighted by Gasteiger charge is 2.39. The van der Waals surface area contributed by atoms with E-state index in [4.69, 9.17) is 4.74 Å². The van der Waals surface area contributed by atoms with Crippen molar-refractivity contribution in [1.82, 2.24) is 4.90 Å². The zero-order chi connectivity index (χ0) is 21.8. The Hall–Kier alpha value is -3.08. The van der Waals surface area contributed by atoms with Crippen molar-refractivity contribution in [2.75, 3.05) is 18.5 Å². The Kier molecular flexibility index (Phi) is 6.60. The van der Waals surface area contributed by atoms with Crippen LogP contribution in [-0.2, 0) is 9.59 Å². The van der Waals surface area contributed by atoms with Crippen LogP contribution in [0.1, 0.15) is 38.8 Å². The molecule has 1 aliphatic rings. The summed E-state index contributed by atoms with van der Waals surface area (Å²) in [6.45, 7) is 11.2. The van der Waals surface area contributed by atoms with Gasteiger partial charge in [0.15, 0.2) is 0 Å². The lowest BCUT2D eigenvalue weighted by atomic mass is 10.0. The van der Waals surface area contributed by atoms with Crippen LogP contribution in [0.4, 0.5) is 5.69 Å². The third-order valence-electron chi connectivity index (χ3n) is 4.76. The number of nitrogens with zero attached hydrogens (tertiary/aromatic N) is 1. The van der Waals surface area contributed by atoms with Crippen LogP contribution in [-0.4, -0.2) is 29.9 Å². The Bertz CT molecular complexity index is 941. The Morgan fingerprint density at radius 2 is 1.50 bits per heavy atom. The van der Waals surface area contributed by atoms with Gasteiger partial charge in [-0.3, -0.25) is 14.5 Å². The molecule has 158 valence electrons. The smallest absolute Gasteiger partial charge is 0.278 e. The van der Waals surface area contributed by atoms with Crippen LogP contribution in [0.3, 0.4) is 0 Å². The molecule has 3 rings (SSSR count). The highest BCUT2D eigenvalue weighted by molar-refractivity contribution is 6.36. The first kappa shape index (κ1) is 21.6. The summed E-state index contributed by atoms with van der Waals surface area (Å²) in [7, 11) is 0. The Balaban J connectivity index is 1.95. The summed E-state index contributed by atoms with van der Waals surface area (Å²) in [4.78, 5) is 27.6. The van der Waals surface area contributed by atoms with Crippen LogP contribution in [0, 0.1) is 18.8 Å². The largest absolute Gasteiger partial charge is 0.493 e. The summed E-state index contributed by atoms with van der Waals surface area (Å²) in [5.41, 5.74) is 3.32. The first-order valence-electron chi connectivity index (χ1n) is 10.4. The molecule has 0 saturated heterocycles. The number of anilines is 1. The van der Waals surface area contributed by atoms with Crippen LogP contribution >= 0.6 is 0 Å². The monoisotopic (exact) mass is 406 g/mol. The minimum Gasteiger partial charge on any atom is -0.493 e. The van der Waals surface area contributed by atoms with Crippen molar-refractivity contribution in [3.8, 4) is 5.75 Å². The lowest BCUT2D eigenvalue weighted by Crippen LogP contribution is -2.35. The van der Waals surface area contributed by atoms with Crippen LogP contribution in [0.5, 0.6) is 5.75 Å². The second-order valence-electron chi connectivity index (χ2n) is 8.59. The van der Waals surface area contributed by atoms with E-state index in [1.54, 1.807) is 0 Å². The number of carbonyl (C=O) groups is 2. The normalized spacial score (nSPS) is 14.3. The second kappa shape index (κ2) is 9.16. The molecule has 0 unspecified atom stereocenters. The van der Waals surface area contributed by atoms with Gasteiger partial charge in [-0.2, -0.15) is 0 Å². The quantitative estimate of drug-likeness (QED) is 0.635. The number of nitrogens with one attached hydrogen (secondary N) is 1. The fraction of sp³-hybridized carbons (Fsp3) is 0.360. The molecule has 5 heteroatoms. The minimum absolute atomic E-state index is 0.185. The minimum atomic E-state index is -0.288. The third-order valence-corrected chi connectivity index (χ3v) is 4.76. The number of imide groups is 1. The van der Waals surface area contributed by atoms with Crippen molar-refractivity contribution in [2.45, 2.75) is 34.6 Å². The van der Waals surface area contributed by atoms with Gasteiger partial charge in [0.25, 0.3) is 11.8 Å². The van der Waals surface area contributed by atoms with Gasteiger partial charge < -0.3 is 10.1 Å². The molecule has 1 heterocycles. The number of carbonyl (C=O) groups excluding carboxylic acids is 2. The summed E-state index contributed by atoms with van der Waals surface area (Å²) in [5.74, 6) is 0.807. The molecule has 0 spiro atoms. The third kappa shape index (κ3) is 4.90. The number of hydrogen-bond donors (Lipinski definition) is 1. The molecule has 0 aliphatic carbocycles. The predicted molar refractivity (Wildman–Crippen MR) is 120 cm³/mol. The molecule has 0 saturated carbocycles. The Morgan fingerprint density at radius 1 is 0.867 bits per heavy atom. The van der Waals surface area contributed by atoms with E-state index in [0.717, 1.165) is 17.0 Å². The van der Waals surface area contributed by atoms with E-state index >= 15 is 0 Å². The van der Waals surface area contributed by atoms with E-state index < -0.39 is 0 Å². The van der Waals surface area contributed by atoms with Crippen molar-refractivity contribution in [3.63, 3.8) is 0 Å². The average molecular weight is 407 g/mol. The first-order chi connectivity index (χ1) is 14.3. The highest BCUT2D eigenvalue weighted by Crippen LogP contribution is 2.32. The summed E-state index contributed by atoms with van der Waals surface area (Å²) in [6, 6.07) is 15.1. The standard InChI is InChI=1S/C25H30N2O3/c1-16(2)14-27-24(28)22(19-8-12-21(13-9-19)30-15-17(3)4)23(25(27)29)26-20-10-6-18(5)7-11-20/h6-13,16-17,26H,14-15H2,1-5H3. The van der Waals surface area contributed by atoms with Crippen LogP contribution in [0.25, 0.3) is 5.57 Å². The fourth-order valence-electron chi connectivity index (χ4n) is 3.25. The second-order valence-corrected chi connectivity index (χ2v) is 8.59. The zero-order valence-electron chi connectivity index (χ0n) is 18.4. The van der Waals surface area contributed by atoms with Crippen molar-refractivity contribution >= 4 is 23.1 Å². The molecule has 1 N–H and O–H groups in total. The summed E-state index contributed by atoms with van der Waals surface area (Å²) in [6.07, 6.45) is 0. The Labute approximate surface area is 178 Å². The van der Waals surface area contributed by atoms with Gasteiger partial charge in [-0.05, 0) is 48.6 Å². The molecule has 5 nitrogen and oxygen atoms in total. The molecule has 1 aliphatic heterocycles. The van der Waals surface area contributed by atoms with E-state index in [9.17, 15) is 9.59 Å². The number of benzene rings is 2. The molecule has 2 amide bonds. The molecule has 30 heavy (non-hydrogen) atoms. The van der Waals surface area contributed by atoms with Gasteiger partial charge in [0.1, 0.15) is 11.4 Å². The topological polar surface area (TPSA) is 58.6 Å². The molecule has 0 fully saturated rings. The average Bonchev–Trinajstić information content (AvgIpc) is 2.92. The molecule has 2 aromatic rings. The number of aryl methyl sites for hydroxylation is 1. The molecule has 0 aromatic heterocycles. The van der Waals surface area contributed by atoms with E-state index in [0.29, 0.717) is 35.9 Å². The number of amides is 2. The van der Waals surface area contributed by atoms with Crippen molar-refractivity contribution < 1.29 is 14.3 Å². The van der Waals surface area contributed by atoms with Gasteiger partial charge in [-0.1, -0.05) is 57.5 Å². The lowest BCUT2D eigenvalue weighted by molar-refractivity contribution is -0.137. The summed E-state index contributed by atoms with van der Waals surface area (Å²) in [5, 5.41) is 3.19. The molecular formula is C25H30N2O3. The molecule has 0 radical (unpaired) electrons. The van der Waals surface area contributed by atoms with Gasteiger partial charge in [-0.15, -0.1) is 0 Å². The number of hydrogen-bond acceptors (Lipinski definition) is 4. The van der Waals surface area contributed by atoms with E-state index in [-0.39, 0.29) is 17.7 Å².